The van der Waals surface area contributed by atoms with E-state index in [0.717, 1.165) is 16.9 Å². The molecule has 0 spiro atoms. The zero-order chi connectivity index (χ0) is 9.73. The van der Waals surface area contributed by atoms with Gasteiger partial charge in [0.25, 0.3) is 0 Å². The fourth-order valence-corrected chi connectivity index (χ4v) is 2.90. The second-order valence-electron chi connectivity index (χ2n) is 2.31. The second kappa shape index (κ2) is 5.08. The van der Waals surface area contributed by atoms with Gasteiger partial charge in [-0.3, -0.25) is 4.57 Å². The summed E-state index contributed by atoms with van der Waals surface area (Å²) in [4.78, 5) is 0. The maximum atomic E-state index is 11.1. The summed E-state index contributed by atoms with van der Waals surface area (Å²) in [5.41, 5.74) is 1.01. The quantitative estimate of drug-likeness (QED) is 0.364. The van der Waals surface area contributed by atoms with E-state index in [1.165, 1.54) is 0 Å². The molecule has 0 saturated heterocycles. The van der Waals surface area contributed by atoms with Crippen molar-refractivity contribution in [2.75, 3.05) is 0 Å². The van der Waals surface area contributed by atoms with E-state index in [4.69, 9.17) is 5.26 Å². The van der Waals surface area contributed by atoms with Gasteiger partial charge >= 0.3 is 5.77 Å². The molecule has 1 atom stereocenters. The molecule has 72 valence electrons. The predicted octanol–water partition coefficient (Wildman–Crippen LogP) is 3.45. The zero-order valence-electron chi connectivity index (χ0n) is 6.66. The minimum atomic E-state index is -3.17. The van der Waals surface area contributed by atoms with E-state index >= 15 is 0 Å². The molecule has 0 aromatic heterocycles. The Labute approximate surface area is 85.8 Å². The van der Waals surface area contributed by atoms with Gasteiger partial charge in [0, 0.05) is 5.75 Å². The average molecular weight is 236 g/mol. The van der Waals surface area contributed by atoms with Crippen LogP contribution in [0.25, 0.3) is 0 Å². The highest BCUT2D eigenvalue weighted by Crippen LogP contribution is 2.63. The van der Waals surface area contributed by atoms with Crippen molar-refractivity contribution in [3.05, 3.63) is 35.9 Å². The lowest BCUT2D eigenvalue weighted by molar-refractivity contribution is -0.128. The molecule has 0 bridgehead atoms. The summed E-state index contributed by atoms with van der Waals surface area (Å²) in [5.74, 6) is -2.67. The normalized spacial score (nSPS) is 15.2. The summed E-state index contributed by atoms with van der Waals surface area (Å²) in [6.07, 6.45) is 0. The molecule has 0 fully saturated rings. The van der Waals surface area contributed by atoms with Gasteiger partial charge in [0.05, 0.1) is 0 Å². The Morgan fingerprint density at radius 2 is 2.08 bits per heavy atom. The smallest absolute Gasteiger partial charge is 0.266 e. The Bertz CT molecular complexity index is 304. The minimum Gasteiger partial charge on any atom is -0.266 e. The number of thiol groups is 1. The fraction of sp³-hybridized carbons (Fsp3) is 0.143. The van der Waals surface area contributed by atoms with Crippen molar-refractivity contribution in [2.24, 2.45) is 0 Å². The highest BCUT2D eigenvalue weighted by atomic mass is 33.1. The van der Waals surface area contributed by atoms with Crippen LogP contribution in [0.4, 0.5) is 0 Å². The van der Waals surface area contributed by atoms with Crippen LogP contribution in [0.1, 0.15) is 5.56 Å². The number of hydrogen-bond donors (Lipinski definition) is 2. The monoisotopic (exact) mass is 236 g/mol. The second-order valence-corrected chi connectivity index (χ2v) is 8.56. The molecule has 0 aliphatic rings. The number of hydrogen-bond acceptors (Lipinski definition) is 4. The summed E-state index contributed by atoms with van der Waals surface area (Å²) in [6, 6.07) is 9.48. The molecule has 0 aliphatic carbocycles. The maximum Gasteiger partial charge on any atom is 0.338 e. The van der Waals surface area contributed by atoms with E-state index in [2.05, 4.69) is 16.9 Å². The molecule has 3 nitrogen and oxygen atoms in total. The van der Waals surface area contributed by atoms with Crippen LogP contribution in [-0.4, -0.2) is 5.26 Å². The molecule has 1 rings (SSSR count). The summed E-state index contributed by atoms with van der Waals surface area (Å²) >= 11 is 4.64. The van der Waals surface area contributed by atoms with E-state index in [1.807, 2.05) is 30.3 Å². The molecule has 1 aromatic carbocycles. The van der Waals surface area contributed by atoms with Gasteiger partial charge in [-0.15, -0.1) is 0 Å². The molecule has 0 aliphatic heterocycles. The zero-order valence-corrected chi connectivity index (χ0v) is 9.27. The van der Waals surface area contributed by atoms with Crippen LogP contribution < -0.4 is 0 Å². The standard InChI is InChI=1S/C7H9O3PS2/c8-10-11(9,12)13-6-7-4-2-1-3-5-7/h1-5,8H,6H2,(H,9,12). The van der Waals surface area contributed by atoms with Gasteiger partial charge in [-0.1, -0.05) is 54.0 Å². The summed E-state index contributed by atoms with van der Waals surface area (Å²) < 4.78 is 14.9. The summed E-state index contributed by atoms with van der Waals surface area (Å²) in [5, 5.41) is 8.21. The average Bonchev–Trinajstić information content (AvgIpc) is 2.17. The van der Waals surface area contributed by atoms with E-state index in [9.17, 15) is 4.57 Å². The highest BCUT2D eigenvalue weighted by Gasteiger charge is 2.17. The molecular formula is C7H9O3PS2. The first-order valence-corrected chi connectivity index (χ1v) is 7.85. The SMILES string of the molecule is O=P(S)(OO)SCc1ccccc1. The van der Waals surface area contributed by atoms with Gasteiger partial charge in [0.15, 0.2) is 0 Å². The first kappa shape index (κ1) is 11.1. The van der Waals surface area contributed by atoms with E-state index in [-0.39, 0.29) is 0 Å². The molecule has 13 heavy (non-hydrogen) atoms. The number of benzene rings is 1. The first-order chi connectivity index (χ1) is 6.14. The first-order valence-electron chi connectivity index (χ1n) is 3.48. The molecule has 0 saturated carbocycles. The van der Waals surface area contributed by atoms with Gasteiger partial charge in [0.1, 0.15) is 0 Å². The molecule has 1 unspecified atom stereocenters. The van der Waals surface area contributed by atoms with Crippen molar-refractivity contribution in [1.82, 2.24) is 0 Å². The molecular weight excluding hydrogens is 227 g/mol. The fourth-order valence-electron chi connectivity index (χ4n) is 0.754. The van der Waals surface area contributed by atoms with E-state index in [1.54, 1.807) is 0 Å². The molecule has 0 radical (unpaired) electrons. The Balaban J connectivity index is 2.49. The Morgan fingerprint density at radius 1 is 1.46 bits per heavy atom. The van der Waals surface area contributed by atoms with E-state index < -0.39 is 5.77 Å². The molecule has 0 heterocycles. The lowest BCUT2D eigenvalue weighted by atomic mass is 10.2. The van der Waals surface area contributed by atoms with Crippen LogP contribution >= 0.6 is 29.4 Å². The van der Waals surface area contributed by atoms with Crippen molar-refractivity contribution in [1.29, 1.82) is 0 Å². The van der Waals surface area contributed by atoms with Gasteiger partial charge in [-0.2, -0.15) is 4.67 Å². The molecule has 1 aromatic rings. The van der Waals surface area contributed by atoms with Gasteiger partial charge < -0.3 is 0 Å². The number of rotatable bonds is 4. The van der Waals surface area contributed by atoms with E-state index in [0.29, 0.717) is 5.75 Å². The summed E-state index contributed by atoms with van der Waals surface area (Å²) in [6.45, 7) is 0. The lowest BCUT2D eigenvalue weighted by Gasteiger charge is -2.05. The van der Waals surface area contributed by atoms with Crippen LogP contribution in [0.2, 0.25) is 0 Å². The molecule has 6 heteroatoms. The minimum absolute atomic E-state index is 0.502. The third kappa shape index (κ3) is 4.20. The predicted molar refractivity (Wildman–Crippen MR) is 58.0 cm³/mol. The lowest BCUT2D eigenvalue weighted by Crippen LogP contribution is -1.78. The van der Waals surface area contributed by atoms with Crippen molar-refractivity contribution in [2.45, 2.75) is 5.75 Å². The Kier molecular flexibility index (Phi) is 4.35. The Hall–Kier alpha value is 0.0700. The van der Waals surface area contributed by atoms with Crippen LogP contribution in [0.3, 0.4) is 0 Å². The topological polar surface area (TPSA) is 46.5 Å². The van der Waals surface area contributed by atoms with Crippen molar-refractivity contribution < 1.29 is 14.5 Å². The third-order valence-corrected chi connectivity index (χ3v) is 5.16. The Morgan fingerprint density at radius 3 is 2.62 bits per heavy atom. The van der Waals surface area contributed by atoms with Gasteiger partial charge in [-0.05, 0) is 5.56 Å². The highest BCUT2D eigenvalue weighted by molar-refractivity contribution is 8.84. The summed E-state index contributed by atoms with van der Waals surface area (Å²) in [7, 11) is 0. The van der Waals surface area contributed by atoms with Crippen LogP contribution in [0.15, 0.2) is 30.3 Å². The van der Waals surface area contributed by atoms with Crippen LogP contribution in [0.5, 0.6) is 0 Å². The largest absolute Gasteiger partial charge is 0.338 e. The van der Waals surface area contributed by atoms with Crippen LogP contribution in [-0.2, 0) is 15.0 Å². The molecule has 0 amide bonds. The van der Waals surface area contributed by atoms with Crippen LogP contribution in [0, 0.1) is 0 Å². The van der Waals surface area contributed by atoms with Gasteiger partial charge in [-0.25, -0.2) is 5.26 Å². The van der Waals surface area contributed by atoms with Crippen molar-refractivity contribution in [3.63, 3.8) is 0 Å². The van der Waals surface area contributed by atoms with Gasteiger partial charge in [0.2, 0.25) is 0 Å². The van der Waals surface area contributed by atoms with Crippen molar-refractivity contribution in [3.8, 4) is 0 Å². The maximum absolute atomic E-state index is 11.1. The molecule has 1 N–H and O–H groups in total. The third-order valence-electron chi connectivity index (χ3n) is 1.34. The van der Waals surface area contributed by atoms with Crippen molar-refractivity contribution >= 4 is 29.4 Å².